The van der Waals surface area contributed by atoms with Crippen molar-refractivity contribution in [2.24, 2.45) is 0 Å². The van der Waals surface area contributed by atoms with E-state index in [0.29, 0.717) is 17.8 Å². The molecule has 3 nitrogen and oxygen atoms in total. The highest BCUT2D eigenvalue weighted by molar-refractivity contribution is 6.08. The summed E-state index contributed by atoms with van der Waals surface area (Å²) in [5.74, 6) is -0.742. The van der Waals surface area contributed by atoms with Crippen LogP contribution in [0.1, 0.15) is 23.7 Å². The molecule has 104 valence electrons. The monoisotopic (exact) mass is 272 g/mol. The van der Waals surface area contributed by atoms with Gasteiger partial charge in [-0.15, -0.1) is 0 Å². The summed E-state index contributed by atoms with van der Waals surface area (Å²) in [6.45, 7) is 2.60. The van der Waals surface area contributed by atoms with Crippen LogP contribution in [0.25, 0.3) is 0 Å². The lowest BCUT2D eigenvalue weighted by Gasteiger charge is -2.12. The zero-order chi connectivity index (χ0) is 14.4. The van der Waals surface area contributed by atoms with Crippen molar-refractivity contribution in [3.05, 3.63) is 59.9 Å². The standard InChI is InChI=1S/C16H17FN2O/c1-2-11-18-15-13(9-6-10-14(15)17)16(20)19-12-7-4-3-5-8-12/h3-10,18H,2,11H2,1H3,(H,19,20). The minimum atomic E-state index is -0.417. The van der Waals surface area contributed by atoms with E-state index in [-0.39, 0.29) is 11.6 Å². The van der Waals surface area contributed by atoms with Crippen LogP contribution in [0.15, 0.2) is 48.5 Å². The van der Waals surface area contributed by atoms with Crippen molar-refractivity contribution < 1.29 is 9.18 Å². The summed E-state index contributed by atoms with van der Waals surface area (Å²) in [5, 5.41) is 5.72. The molecular formula is C16H17FN2O. The van der Waals surface area contributed by atoms with E-state index < -0.39 is 5.82 Å². The van der Waals surface area contributed by atoms with E-state index in [9.17, 15) is 9.18 Å². The van der Waals surface area contributed by atoms with Gasteiger partial charge in [-0.05, 0) is 30.7 Å². The number of anilines is 2. The molecule has 0 atom stereocenters. The molecule has 0 spiro atoms. The molecule has 0 unspecified atom stereocenters. The Morgan fingerprint density at radius 3 is 2.55 bits per heavy atom. The number of amides is 1. The summed E-state index contributed by atoms with van der Waals surface area (Å²) in [7, 11) is 0. The average molecular weight is 272 g/mol. The Balaban J connectivity index is 2.23. The van der Waals surface area contributed by atoms with Crippen molar-refractivity contribution in [1.82, 2.24) is 0 Å². The topological polar surface area (TPSA) is 41.1 Å². The van der Waals surface area contributed by atoms with Gasteiger partial charge in [-0.1, -0.05) is 31.2 Å². The minimum absolute atomic E-state index is 0.253. The fourth-order valence-electron chi connectivity index (χ4n) is 1.86. The molecule has 0 fully saturated rings. The van der Waals surface area contributed by atoms with E-state index in [1.807, 2.05) is 25.1 Å². The second kappa shape index (κ2) is 6.70. The maximum atomic E-state index is 13.8. The molecule has 0 aliphatic rings. The fraction of sp³-hybridized carbons (Fsp3) is 0.188. The van der Waals surface area contributed by atoms with Crippen LogP contribution in [0.5, 0.6) is 0 Å². The third-order valence-corrected chi connectivity index (χ3v) is 2.84. The van der Waals surface area contributed by atoms with Crippen molar-refractivity contribution in [3.63, 3.8) is 0 Å². The van der Waals surface area contributed by atoms with Crippen molar-refractivity contribution in [2.45, 2.75) is 13.3 Å². The van der Waals surface area contributed by atoms with E-state index in [1.165, 1.54) is 12.1 Å². The maximum Gasteiger partial charge on any atom is 0.257 e. The van der Waals surface area contributed by atoms with Crippen LogP contribution in [0, 0.1) is 5.82 Å². The van der Waals surface area contributed by atoms with Gasteiger partial charge in [-0.2, -0.15) is 0 Å². The summed E-state index contributed by atoms with van der Waals surface area (Å²) in [6.07, 6.45) is 0.855. The molecule has 2 N–H and O–H groups in total. The average Bonchev–Trinajstić information content (AvgIpc) is 2.47. The predicted octanol–water partition coefficient (Wildman–Crippen LogP) is 3.90. The van der Waals surface area contributed by atoms with Crippen LogP contribution in [0.3, 0.4) is 0 Å². The van der Waals surface area contributed by atoms with Crippen LogP contribution in [0.2, 0.25) is 0 Å². The quantitative estimate of drug-likeness (QED) is 0.866. The molecule has 20 heavy (non-hydrogen) atoms. The molecule has 2 rings (SSSR count). The zero-order valence-corrected chi connectivity index (χ0v) is 11.3. The molecule has 0 saturated heterocycles. The van der Waals surface area contributed by atoms with Gasteiger partial charge in [0, 0.05) is 12.2 Å². The second-order valence-corrected chi connectivity index (χ2v) is 4.41. The Morgan fingerprint density at radius 1 is 1.10 bits per heavy atom. The zero-order valence-electron chi connectivity index (χ0n) is 11.3. The number of halogens is 1. The summed E-state index contributed by atoms with van der Waals surface area (Å²) in [6, 6.07) is 13.6. The second-order valence-electron chi connectivity index (χ2n) is 4.41. The van der Waals surface area contributed by atoms with Crippen molar-refractivity contribution >= 4 is 17.3 Å². The van der Waals surface area contributed by atoms with Crippen molar-refractivity contribution in [2.75, 3.05) is 17.2 Å². The van der Waals surface area contributed by atoms with Gasteiger partial charge in [0.05, 0.1) is 11.3 Å². The molecular weight excluding hydrogens is 255 g/mol. The van der Waals surface area contributed by atoms with Gasteiger partial charge in [-0.25, -0.2) is 4.39 Å². The highest BCUT2D eigenvalue weighted by atomic mass is 19.1. The highest BCUT2D eigenvalue weighted by Crippen LogP contribution is 2.21. The van der Waals surface area contributed by atoms with Crippen molar-refractivity contribution in [1.29, 1.82) is 0 Å². The van der Waals surface area contributed by atoms with E-state index in [0.717, 1.165) is 6.42 Å². The molecule has 0 aromatic heterocycles. The number of hydrogen-bond donors (Lipinski definition) is 2. The van der Waals surface area contributed by atoms with Crippen LogP contribution >= 0.6 is 0 Å². The van der Waals surface area contributed by atoms with Crippen LogP contribution in [-0.4, -0.2) is 12.5 Å². The number of rotatable bonds is 5. The molecule has 0 saturated carbocycles. The lowest BCUT2D eigenvalue weighted by atomic mass is 10.1. The molecule has 2 aromatic carbocycles. The molecule has 0 radical (unpaired) electrons. The lowest BCUT2D eigenvalue weighted by Crippen LogP contribution is -2.16. The number of nitrogens with one attached hydrogen (secondary N) is 2. The molecule has 0 heterocycles. The largest absolute Gasteiger partial charge is 0.382 e. The Bertz CT molecular complexity index is 584. The SMILES string of the molecule is CCCNc1c(F)cccc1C(=O)Nc1ccccc1. The predicted molar refractivity (Wildman–Crippen MR) is 79.6 cm³/mol. The molecule has 0 bridgehead atoms. The summed E-state index contributed by atoms with van der Waals surface area (Å²) in [5.41, 5.74) is 1.24. The van der Waals surface area contributed by atoms with E-state index in [1.54, 1.807) is 18.2 Å². The lowest BCUT2D eigenvalue weighted by molar-refractivity contribution is 0.102. The number of carbonyl (C=O) groups excluding carboxylic acids is 1. The van der Waals surface area contributed by atoms with Gasteiger partial charge in [-0.3, -0.25) is 4.79 Å². The maximum absolute atomic E-state index is 13.8. The first-order valence-electron chi connectivity index (χ1n) is 6.61. The molecule has 1 amide bonds. The fourth-order valence-corrected chi connectivity index (χ4v) is 1.86. The highest BCUT2D eigenvalue weighted by Gasteiger charge is 2.14. The normalized spacial score (nSPS) is 10.1. The molecule has 2 aromatic rings. The van der Waals surface area contributed by atoms with Crippen LogP contribution in [0.4, 0.5) is 15.8 Å². The number of benzene rings is 2. The van der Waals surface area contributed by atoms with E-state index in [2.05, 4.69) is 10.6 Å². The van der Waals surface area contributed by atoms with Gasteiger partial charge >= 0.3 is 0 Å². The Labute approximate surface area is 117 Å². The van der Waals surface area contributed by atoms with E-state index >= 15 is 0 Å². The van der Waals surface area contributed by atoms with Gasteiger partial charge in [0.1, 0.15) is 5.82 Å². The minimum Gasteiger partial charge on any atom is -0.382 e. The number of hydrogen-bond acceptors (Lipinski definition) is 2. The van der Waals surface area contributed by atoms with Crippen LogP contribution < -0.4 is 10.6 Å². The van der Waals surface area contributed by atoms with Crippen molar-refractivity contribution in [3.8, 4) is 0 Å². The first-order chi connectivity index (χ1) is 9.72. The number of carbonyl (C=O) groups is 1. The summed E-state index contributed by atoms with van der Waals surface area (Å²) < 4.78 is 13.8. The number of para-hydroxylation sites is 2. The van der Waals surface area contributed by atoms with Gasteiger partial charge in [0.25, 0.3) is 5.91 Å². The van der Waals surface area contributed by atoms with Gasteiger partial charge < -0.3 is 10.6 Å². The molecule has 0 aliphatic carbocycles. The summed E-state index contributed by atoms with van der Waals surface area (Å²) >= 11 is 0. The molecule has 4 heteroatoms. The first kappa shape index (κ1) is 14.1. The summed E-state index contributed by atoms with van der Waals surface area (Å²) in [4.78, 5) is 12.2. The third kappa shape index (κ3) is 3.35. The Hall–Kier alpha value is -2.36. The Kier molecular flexibility index (Phi) is 4.71. The first-order valence-corrected chi connectivity index (χ1v) is 6.61. The van der Waals surface area contributed by atoms with Gasteiger partial charge in [0.15, 0.2) is 0 Å². The smallest absolute Gasteiger partial charge is 0.257 e. The van der Waals surface area contributed by atoms with E-state index in [4.69, 9.17) is 0 Å². The van der Waals surface area contributed by atoms with Crippen LogP contribution in [-0.2, 0) is 0 Å². The van der Waals surface area contributed by atoms with Gasteiger partial charge in [0.2, 0.25) is 0 Å². The molecule has 0 aliphatic heterocycles. The Morgan fingerprint density at radius 2 is 1.85 bits per heavy atom. The third-order valence-electron chi connectivity index (χ3n) is 2.84.